The minimum absolute atomic E-state index is 0.112. The molecule has 8 nitrogen and oxygen atoms in total. The van der Waals surface area contributed by atoms with E-state index in [9.17, 15) is 26.0 Å². The minimum atomic E-state index is -4.37. The van der Waals surface area contributed by atoms with Crippen LogP contribution >= 0.6 is 0 Å². The molecule has 0 bridgehead atoms. The molecule has 2 aromatic carbocycles. The number of nitrogens with two attached hydrogens (primary N) is 1. The lowest BCUT2D eigenvalue weighted by Crippen LogP contribution is -2.36. The summed E-state index contributed by atoms with van der Waals surface area (Å²) >= 11 is 0. The maximum absolute atomic E-state index is 14.4. The second kappa shape index (κ2) is 6.83. The number of anilines is 1. The Bertz CT molecular complexity index is 1180. The third-order valence-electron chi connectivity index (χ3n) is 4.42. The first kappa shape index (κ1) is 20.2. The Hall–Kier alpha value is -2.50. The standard InChI is InChI=1S/C17H17FN2O6S2/c1-10-7-12-8-13(27(19,22)23)4-6-15(12)20(10)28(24,25)16-9-11(17(21)26-2)3-5-14(16)18/h3-6,8-10H,7H2,1-2H3,(H2,19,22,23). The Morgan fingerprint density at radius 1 is 1.18 bits per heavy atom. The second-order valence-corrected chi connectivity index (χ2v) is 9.67. The van der Waals surface area contributed by atoms with Gasteiger partial charge in [-0.05, 0) is 55.3 Å². The van der Waals surface area contributed by atoms with Crippen LogP contribution in [0.2, 0.25) is 0 Å². The Kier molecular flexibility index (Phi) is 4.94. The summed E-state index contributed by atoms with van der Waals surface area (Å²) in [6, 6.07) is 6.13. The van der Waals surface area contributed by atoms with Crippen molar-refractivity contribution in [3.8, 4) is 0 Å². The number of sulfonamides is 2. The van der Waals surface area contributed by atoms with Gasteiger partial charge < -0.3 is 4.74 Å². The summed E-state index contributed by atoms with van der Waals surface area (Å²) in [6.45, 7) is 1.61. The zero-order valence-electron chi connectivity index (χ0n) is 14.9. The number of rotatable bonds is 4. The Morgan fingerprint density at radius 3 is 2.46 bits per heavy atom. The van der Waals surface area contributed by atoms with Crippen molar-refractivity contribution in [2.45, 2.75) is 29.2 Å². The fraction of sp³-hybridized carbons (Fsp3) is 0.235. The van der Waals surface area contributed by atoms with E-state index < -0.39 is 42.8 Å². The highest BCUT2D eigenvalue weighted by Crippen LogP contribution is 2.38. The van der Waals surface area contributed by atoms with E-state index in [4.69, 9.17) is 5.14 Å². The zero-order chi connectivity index (χ0) is 20.9. The van der Waals surface area contributed by atoms with Crippen LogP contribution in [-0.4, -0.2) is 36.0 Å². The van der Waals surface area contributed by atoms with Crippen molar-refractivity contribution in [1.82, 2.24) is 0 Å². The van der Waals surface area contributed by atoms with Gasteiger partial charge in [0.05, 0.1) is 23.3 Å². The predicted octanol–water partition coefficient (Wildman–Crippen LogP) is 1.40. The molecule has 11 heteroatoms. The summed E-state index contributed by atoms with van der Waals surface area (Å²) in [5.74, 6) is -1.82. The Morgan fingerprint density at radius 2 is 1.86 bits per heavy atom. The van der Waals surface area contributed by atoms with E-state index in [0.29, 0.717) is 5.56 Å². The lowest BCUT2D eigenvalue weighted by atomic mass is 10.1. The lowest BCUT2D eigenvalue weighted by molar-refractivity contribution is 0.0600. The van der Waals surface area contributed by atoms with Gasteiger partial charge in [-0.3, -0.25) is 4.31 Å². The van der Waals surface area contributed by atoms with E-state index in [0.717, 1.165) is 29.6 Å². The summed E-state index contributed by atoms with van der Waals surface area (Å²) in [5, 5.41) is 5.12. The molecule has 0 radical (unpaired) electrons. The van der Waals surface area contributed by atoms with Crippen molar-refractivity contribution >= 4 is 31.7 Å². The Labute approximate surface area is 161 Å². The van der Waals surface area contributed by atoms with Gasteiger partial charge in [0.25, 0.3) is 10.0 Å². The molecule has 1 unspecified atom stereocenters. The highest BCUT2D eigenvalue weighted by atomic mass is 32.2. The average molecular weight is 428 g/mol. The average Bonchev–Trinajstić information content (AvgIpc) is 2.96. The highest BCUT2D eigenvalue weighted by Gasteiger charge is 2.38. The van der Waals surface area contributed by atoms with Gasteiger partial charge in [-0.15, -0.1) is 0 Å². The summed E-state index contributed by atoms with van der Waals surface area (Å²) in [7, 11) is -7.20. The number of primary sulfonamides is 1. The first-order chi connectivity index (χ1) is 13.0. The van der Waals surface area contributed by atoms with E-state index in [1.165, 1.54) is 18.2 Å². The maximum atomic E-state index is 14.4. The molecule has 1 atom stereocenters. The van der Waals surface area contributed by atoms with Gasteiger partial charge >= 0.3 is 5.97 Å². The van der Waals surface area contributed by atoms with Crippen molar-refractivity contribution in [3.05, 3.63) is 53.3 Å². The molecular weight excluding hydrogens is 411 g/mol. The third kappa shape index (κ3) is 3.36. The predicted molar refractivity (Wildman–Crippen MR) is 98.4 cm³/mol. The van der Waals surface area contributed by atoms with Gasteiger partial charge in [0, 0.05) is 6.04 Å². The van der Waals surface area contributed by atoms with Crippen molar-refractivity contribution in [3.63, 3.8) is 0 Å². The van der Waals surface area contributed by atoms with Gasteiger partial charge in [-0.2, -0.15) is 0 Å². The second-order valence-electron chi connectivity index (χ2n) is 6.33. The number of fused-ring (bicyclic) bond motifs is 1. The first-order valence-electron chi connectivity index (χ1n) is 8.05. The minimum Gasteiger partial charge on any atom is -0.465 e. The first-order valence-corrected chi connectivity index (χ1v) is 11.0. The molecule has 3 rings (SSSR count). The van der Waals surface area contributed by atoms with Gasteiger partial charge in [-0.1, -0.05) is 0 Å². The quantitative estimate of drug-likeness (QED) is 0.734. The molecule has 2 aromatic rings. The Balaban J connectivity index is 2.13. The number of benzene rings is 2. The van der Waals surface area contributed by atoms with E-state index in [2.05, 4.69) is 4.74 Å². The van der Waals surface area contributed by atoms with Crippen LogP contribution in [0, 0.1) is 5.82 Å². The largest absolute Gasteiger partial charge is 0.465 e. The number of methoxy groups -OCH3 is 1. The van der Waals surface area contributed by atoms with Gasteiger partial charge in [0.2, 0.25) is 10.0 Å². The zero-order valence-corrected chi connectivity index (χ0v) is 16.6. The van der Waals surface area contributed by atoms with Crippen LogP contribution in [0.25, 0.3) is 0 Å². The molecular formula is C17H17FN2O6S2. The molecule has 1 aliphatic rings. The summed E-state index contributed by atoms with van der Waals surface area (Å²) in [6.07, 6.45) is 0.218. The normalized spacial score (nSPS) is 16.7. The topological polar surface area (TPSA) is 124 Å². The lowest BCUT2D eigenvalue weighted by Gasteiger charge is -2.25. The molecule has 28 heavy (non-hydrogen) atoms. The maximum Gasteiger partial charge on any atom is 0.337 e. The molecule has 150 valence electrons. The highest BCUT2D eigenvalue weighted by molar-refractivity contribution is 7.93. The van der Waals surface area contributed by atoms with E-state index >= 15 is 0 Å². The molecule has 1 aliphatic heterocycles. The number of carbonyl (C=O) groups is 1. The molecule has 0 aromatic heterocycles. The summed E-state index contributed by atoms with van der Waals surface area (Å²) in [5.41, 5.74) is 0.564. The number of nitrogens with zero attached hydrogens (tertiary/aromatic N) is 1. The van der Waals surface area contributed by atoms with Gasteiger partial charge in [-0.25, -0.2) is 31.2 Å². The number of carbonyl (C=O) groups excluding carboxylic acids is 1. The van der Waals surface area contributed by atoms with E-state index in [1.54, 1.807) is 6.92 Å². The smallest absolute Gasteiger partial charge is 0.337 e. The van der Waals surface area contributed by atoms with Gasteiger partial charge in [0.1, 0.15) is 10.7 Å². The van der Waals surface area contributed by atoms with Crippen molar-refractivity contribution in [1.29, 1.82) is 0 Å². The molecule has 1 heterocycles. The number of halogens is 1. The fourth-order valence-corrected chi connectivity index (χ4v) is 5.53. The molecule has 0 spiro atoms. The van der Waals surface area contributed by atoms with Crippen LogP contribution in [0.3, 0.4) is 0 Å². The van der Waals surface area contributed by atoms with Crippen LogP contribution in [0.5, 0.6) is 0 Å². The van der Waals surface area contributed by atoms with Crippen LogP contribution in [0.1, 0.15) is 22.8 Å². The van der Waals surface area contributed by atoms with E-state index in [1.807, 2.05) is 0 Å². The summed E-state index contributed by atoms with van der Waals surface area (Å²) in [4.78, 5) is 10.9. The molecule has 2 N–H and O–H groups in total. The monoisotopic (exact) mass is 428 g/mol. The number of hydrogen-bond donors (Lipinski definition) is 1. The molecule has 0 amide bonds. The van der Waals surface area contributed by atoms with Gasteiger partial charge in [0.15, 0.2) is 0 Å². The van der Waals surface area contributed by atoms with Crippen molar-refractivity contribution in [2.75, 3.05) is 11.4 Å². The molecule has 0 saturated heterocycles. The molecule has 0 fully saturated rings. The van der Waals surface area contributed by atoms with Crippen molar-refractivity contribution in [2.24, 2.45) is 5.14 Å². The molecule has 0 saturated carbocycles. The number of hydrogen-bond acceptors (Lipinski definition) is 6. The molecule has 0 aliphatic carbocycles. The third-order valence-corrected chi connectivity index (χ3v) is 7.28. The SMILES string of the molecule is COC(=O)c1ccc(F)c(S(=O)(=O)N2c3ccc(S(N)(=O)=O)cc3CC2C)c1. The van der Waals surface area contributed by atoms with Crippen LogP contribution < -0.4 is 9.44 Å². The number of ether oxygens (including phenoxy) is 1. The summed E-state index contributed by atoms with van der Waals surface area (Å²) < 4.78 is 69.3. The van der Waals surface area contributed by atoms with Crippen LogP contribution in [0.15, 0.2) is 46.2 Å². The van der Waals surface area contributed by atoms with Crippen LogP contribution in [0.4, 0.5) is 10.1 Å². The van der Waals surface area contributed by atoms with Crippen molar-refractivity contribution < 1.29 is 30.8 Å². The number of esters is 1. The van der Waals surface area contributed by atoms with E-state index in [-0.39, 0.29) is 22.6 Å². The van der Waals surface area contributed by atoms with Crippen LogP contribution in [-0.2, 0) is 31.2 Å². The fourth-order valence-electron chi connectivity index (χ4n) is 3.17.